The highest BCUT2D eigenvalue weighted by Crippen LogP contribution is 2.10. The van der Waals surface area contributed by atoms with Crippen LogP contribution in [-0.4, -0.2) is 57.4 Å². The molecule has 0 amide bonds. The molecule has 112 valence electrons. The van der Waals surface area contributed by atoms with Gasteiger partial charge in [-0.1, -0.05) is 0 Å². The highest BCUT2D eigenvalue weighted by atomic mass is 15.3. The second kappa shape index (κ2) is 6.67. The Morgan fingerprint density at radius 1 is 1.00 bits per heavy atom. The lowest BCUT2D eigenvalue weighted by atomic mass is 10.3. The maximum atomic E-state index is 4.32. The molecule has 21 heavy (non-hydrogen) atoms. The number of aryl methyl sites for hydroxylation is 2. The van der Waals surface area contributed by atoms with Crippen LogP contribution >= 0.6 is 0 Å². The van der Waals surface area contributed by atoms with Crippen molar-refractivity contribution in [3.8, 4) is 0 Å². The molecule has 6 nitrogen and oxygen atoms in total. The third-order valence-corrected chi connectivity index (χ3v) is 3.98. The summed E-state index contributed by atoms with van der Waals surface area (Å²) in [6, 6.07) is 3.91. The van der Waals surface area contributed by atoms with Gasteiger partial charge in [-0.05, 0) is 25.5 Å². The summed E-state index contributed by atoms with van der Waals surface area (Å²) >= 11 is 0. The molecular formula is C15H22N6. The van der Waals surface area contributed by atoms with Gasteiger partial charge in [-0.25, -0.2) is 9.97 Å². The first kappa shape index (κ1) is 14.0. The van der Waals surface area contributed by atoms with Crippen molar-refractivity contribution in [2.24, 2.45) is 0 Å². The van der Waals surface area contributed by atoms with Crippen LogP contribution in [0.3, 0.4) is 0 Å². The summed E-state index contributed by atoms with van der Waals surface area (Å²) in [6.45, 7) is 8.40. The molecule has 0 saturated carbocycles. The van der Waals surface area contributed by atoms with Crippen LogP contribution in [0.15, 0.2) is 30.7 Å². The molecule has 1 saturated heterocycles. The van der Waals surface area contributed by atoms with Gasteiger partial charge in [0.05, 0.1) is 0 Å². The van der Waals surface area contributed by atoms with Crippen LogP contribution in [-0.2, 0) is 6.54 Å². The Bertz CT molecular complexity index is 544. The van der Waals surface area contributed by atoms with Crippen LogP contribution in [0.4, 0.5) is 5.95 Å². The summed E-state index contributed by atoms with van der Waals surface area (Å²) in [7, 11) is 0. The Balaban J connectivity index is 1.41. The molecule has 0 unspecified atom stereocenters. The predicted octanol–water partition coefficient (Wildman–Crippen LogP) is 1.19. The van der Waals surface area contributed by atoms with E-state index in [0.717, 1.165) is 51.6 Å². The standard InChI is InChI=1S/C15H22N6/c1-14-4-7-18-21(14)9-3-8-19-10-12-20(13-11-19)15-16-5-2-6-17-15/h2,4-7H,3,8-13H2,1H3. The largest absolute Gasteiger partial charge is 0.338 e. The summed E-state index contributed by atoms with van der Waals surface area (Å²) in [5.41, 5.74) is 1.24. The molecule has 6 heteroatoms. The SMILES string of the molecule is Cc1ccnn1CCCN1CCN(c2ncccn2)CC1. The van der Waals surface area contributed by atoms with Crippen LogP contribution in [0.25, 0.3) is 0 Å². The lowest BCUT2D eigenvalue weighted by Gasteiger charge is -2.34. The molecule has 0 aliphatic carbocycles. The molecule has 0 aromatic carbocycles. The summed E-state index contributed by atoms with van der Waals surface area (Å²) in [5, 5.41) is 4.32. The predicted molar refractivity (Wildman–Crippen MR) is 82.3 cm³/mol. The Morgan fingerprint density at radius 2 is 1.76 bits per heavy atom. The zero-order valence-corrected chi connectivity index (χ0v) is 12.5. The van der Waals surface area contributed by atoms with E-state index in [0.29, 0.717) is 0 Å². The zero-order chi connectivity index (χ0) is 14.5. The molecule has 0 bridgehead atoms. The van der Waals surface area contributed by atoms with Gasteiger partial charge in [-0.15, -0.1) is 0 Å². The number of nitrogens with zero attached hydrogens (tertiary/aromatic N) is 6. The van der Waals surface area contributed by atoms with E-state index in [1.54, 1.807) is 12.4 Å². The average Bonchev–Trinajstić information content (AvgIpc) is 2.94. The molecule has 2 aromatic rings. The lowest BCUT2D eigenvalue weighted by molar-refractivity contribution is 0.247. The Hall–Kier alpha value is -1.95. The first-order valence-corrected chi connectivity index (χ1v) is 7.56. The molecule has 2 aromatic heterocycles. The van der Waals surface area contributed by atoms with Gasteiger partial charge in [0, 0.05) is 63.6 Å². The van der Waals surface area contributed by atoms with Crippen LogP contribution in [0.2, 0.25) is 0 Å². The van der Waals surface area contributed by atoms with Gasteiger partial charge < -0.3 is 4.90 Å². The monoisotopic (exact) mass is 286 g/mol. The third-order valence-electron chi connectivity index (χ3n) is 3.98. The van der Waals surface area contributed by atoms with Crippen molar-refractivity contribution in [3.05, 3.63) is 36.4 Å². The molecule has 1 aliphatic heterocycles. The van der Waals surface area contributed by atoms with E-state index in [1.807, 2.05) is 12.3 Å². The fourth-order valence-electron chi connectivity index (χ4n) is 2.70. The number of aromatic nitrogens is 4. The van der Waals surface area contributed by atoms with E-state index in [9.17, 15) is 0 Å². The normalized spacial score (nSPS) is 16.3. The fraction of sp³-hybridized carbons (Fsp3) is 0.533. The summed E-state index contributed by atoms with van der Waals surface area (Å²) in [4.78, 5) is 13.4. The van der Waals surface area contributed by atoms with Gasteiger partial charge in [-0.2, -0.15) is 5.10 Å². The van der Waals surface area contributed by atoms with Gasteiger partial charge >= 0.3 is 0 Å². The van der Waals surface area contributed by atoms with Crippen LogP contribution in [0.5, 0.6) is 0 Å². The van der Waals surface area contributed by atoms with Crippen molar-refractivity contribution in [3.63, 3.8) is 0 Å². The molecule has 0 N–H and O–H groups in total. The molecule has 0 radical (unpaired) electrons. The summed E-state index contributed by atoms with van der Waals surface area (Å²) < 4.78 is 2.08. The molecule has 0 spiro atoms. The van der Waals surface area contributed by atoms with Crippen molar-refractivity contribution < 1.29 is 0 Å². The van der Waals surface area contributed by atoms with Crippen molar-refractivity contribution >= 4 is 5.95 Å². The van der Waals surface area contributed by atoms with Crippen molar-refractivity contribution in [2.45, 2.75) is 19.9 Å². The fourth-order valence-corrected chi connectivity index (χ4v) is 2.70. The number of hydrogen-bond donors (Lipinski definition) is 0. The first-order chi connectivity index (χ1) is 10.3. The van der Waals surface area contributed by atoms with Crippen LogP contribution in [0.1, 0.15) is 12.1 Å². The smallest absolute Gasteiger partial charge is 0.225 e. The molecule has 3 heterocycles. The number of piperazine rings is 1. The maximum Gasteiger partial charge on any atom is 0.225 e. The second-order valence-corrected chi connectivity index (χ2v) is 5.43. The average molecular weight is 286 g/mol. The summed E-state index contributed by atoms with van der Waals surface area (Å²) in [5.74, 6) is 0.851. The quantitative estimate of drug-likeness (QED) is 0.826. The Labute approximate surface area is 125 Å². The van der Waals surface area contributed by atoms with Crippen molar-refractivity contribution in [1.82, 2.24) is 24.6 Å². The summed E-state index contributed by atoms with van der Waals surface area (Å²) in [6.07, 6.45) is 6.63. The minimum absolute atomic E-state index is 0.851. The third kappa shape index (κ3) is 3.58. The van der Waals surface area contributed by atoms with E-state index in [-0.39, 0.29) is 0 Å². The van der Waals surface area contributed by atoms with Gasteiger partial charge in [0.25, 0.3) is 0 Å². The van der Waals surface area contributed by atoms with Gasteiger partial charge in [0.1, 0.15) is 0 Å². The van der Waals surface area contributed by atoms with Gasteiger partial charge in [0.2, 0.25) is 5.95 Å². The van der Waals surface area contributed by atoms with E-state index < -0.39 is 0 Å². The highest BCUT2D eigenvalue weighted by molar-refractivity contribution is 5.29. The molecular weight excluding hydrogens is 264 g/mol. The molecule has 1 fully saturated rings. The highest BCUT2D eigenvalue weighted by Gasteiger charge is 2.18. The van der Waals surface area contributed by atoms with E-state index in [2.05, 4.69) is 42.5 Å². The zero-order valence-electron chi connectivity index (χ0n) is 12.5. The first-order valence-electron chi connectivity index (χ1n) is 7.56. The maximum absolute atomic E-state index is 4.32. The Morgan fingerprint density at radius 3 is 2.43 bits per heavy atom. The number of hydrogen-bond acceptors (Lipinski definition) is 5. The van der Waals surface area contributed by atoms with Gasteiger partial charge in [0.15, 0.2) is 0 Å². The van der Waals surface area contributed by atoms with E-state index in [1.165, 1.54) is 5.69 Å². The van der Waals surface area contributed by atoms with E-state index >= 15 is 0 Å². The molecule has 0 atom stereocenters. The molecule has 3 rings (SSSR count). The topological polar surface area (TPSA) is 50.1 Å². The van der Waals surface area contributed by atoms with Gasteiger partial charge in [-0.3, -0.25) is 9.58 Å². The van der Waals surface area contributed by atoms with Crippen LogP contribution in [0, 0.1) is 6.92 Å². The number of anilines is 1. The van der Waals surface area contributed by atoms with Crippen molar-refractivity contribution in [2.75, 3.05) is 37.6 Å². The minimum Gasteiger partial charge on any atom is -0.338 e. The second-order valence-electron chi connectivity index (χ2n) is 5.43. The van der Waals surface area contributed by atoms with Crippen molar-refractivity contribution in [1.29, 1.82) is 0 Å². The Kier molecular flexibility index (Phi) is 4.45. The number of rotatable bonds is 5. The van der Waals surface area contributed by atoms with Crippen LogP contribution < -0.4 is 4.90 Å². The lowest BCUT2D eigenvalue weighted by Crippen LogP contribution is -2.47. The van der Waals surface area contributed by atoms with E-state index in [4.69, 9.17) is 0 Å². The minimum atomic E-state index is 0.851. The molecule has 1 aliphatic rings.